The van der Waals surface area contributed by atoms with Crippen LogP contribution in [0.25, 0.3) is 10.6 Å². The van der Waals surface area contributed by atoms with Crippen LogP contribution in [0.2, 0.25) is 0 Å². The van der Waals surface area contributed by atoms with Crippen molar-refractivity contribution in [3.05, 3.63) is 64.7 Å². The molecular weight excluding hydrogens is 612 g/mol. The summed E-state index contributed by atoms with van der Waals surface area (Å²) >= 11 is 1.62. The smallest absolute Gasteiger partial charge is 0.246 e. The molecule has 0 bridgehead atoms. The molecule has 2 heterocycles. The van der Waals surface area contributed by atoms with Gasteiger partial charge in [-0.3, -0.25) is 14.4 Å². The minimum absolute atomic E-state index is 0.0444. The van der Waals surface area contributed by atoms with E-state index in [0.29, 0.717) is 32.3 Å². The van der Waals surface area contributed by atoms with Gasteiger partial charge in [0.05, 0.1) is 37.6 Å². The Labute approximate surface area is 281 Å². The van der Waals surface area contributed by atoms with E-state index in [2.05, 4.69) is 10.6 Å². The summed E-state index contributed by atoms with van der Waals surface area (Å²) in [7, 11) is 1.66. The molecule has 250 valence electrons. The number of para-hydroxylation sites is 2. The number of aromatic nitrogens is 1. The highest BCUT2D eigenvalue weighted by Crippen LogP contribution is 2.39. The Hall–Kier alpha value is -3.92. The summed E-state index contributed by atoms with van der Waals surface area (Å²) in [6, 6.07) is 14.5. The van der Waals surface area contributed by atoms with Crippen LogP contribution in [-0.2, 0) is 27.2 Å². The quantitative estimate of drug-likeness (QED) is 0.267. The number of fused-ring (bicyclic) bond motifs is 2. The molecule has 4 atom stereocenters. The van der Waals surface area contributed by atoms with Crippen molar-refractivity contribution >= 4 is 29.1 Å². The van der Waals surface area contributed by atoms with Gasteiger partial charge in [-0.15, -0.1) is 11.3 Å². The zero-order valence-electron chi connectivity index (χ0n) is 27.6. The van der Waals surface area contributed by atoms with Crippen molar-refractivity contribution in [3.63, 3.8) is 0 Å². The SMILES string of the molecule is CC[C@@H](C)C(=O)N[C@H](C(=O)N(CC(=O)N[C@@H]1CCOc2ccccc21)C1Cc2nc(-c3ccccc3OC)sc2C1)C1CCCCC1. The number of ether oxygens (including phenoxy) is 2. The summed E-state index contributed by atoms with van der Waals surface area (Å²) in [4.78, 5) is 49.7. The Morgan fingerprint density at radius 2 is 1.81 bits per heavy atom. The standard InChI is InChI=1S/C37H46N4O5S/c1-4-23(2)35(43)40-34(24-12-6-5-7-13-24)37(44)41(22-33(42)38-28-18-19-46-31-17-11-8-14-26(28)31)25-20-29-32(21-25)47-36(39-29)27-15-9-10-16-30(27)45-3/h8-11,14-17,23-25,28,34H,4-7,12-13,18-22H2,1-3H3,(H,38,42)(H,40,43)/t23-,25?,28-,34+/m1/s1. The lowest BCUT2D eigenvalue weighted by molar-refractivity contribution is -0.144. The Morgan fingerprint density at radius 1 is 1.04 bits per heavy atom. The zero-order chi connectivity index (χ0) is 32.9. The second kappa shape index (κ2) is 14.9. The summed E-state index contributed by atoms with van der Waals surface area (Å²) in [5, 5.41) is 7.25. The van der Waals surface area contributed by atoms with Gasteiger partial charge in [-0.25, -0.2) is 4.98 Å². The summed E-state index contributed by atoms with van der Waals surface area (Å²) in [6.07, 6.45) is 7.49. The average molecular weight is 659 g/mol. The van der Waals surface area contributed by atoms with Crippen LogP contribution in [0.1, 0.15) is 81.0 Å². The lowest BCUT2D eigenvalue weighted by atomic mass is 9.82. The van der Waals surface area contributed by atoms with Gasteiger partial charge in [0.1, 0.15) is 22.5 Å². The van der Waals surface area contributed by atoms with Crippen LogP contribution >= 0.6 is 11.3 Å². The van der Waals surface area contributed by atoms with E-state index in [-0.39, 0.29) is 48.2 Å². The van der Waals surface area contributed by atoms with E-state index >= 15 is 0 Å². The summed E-state index contributed by atoms with van der Waals surface area (Å²) in [5.74, 6) is 0.910. The van der Waals surface area contributed by atoms with Crippen LogP contribution in [0.15, 0.2) is 48.5 Å². The fraction of sp³-hybridized carbons (Fsp3) is 0.514. The van der Waals surface area contributed by atoms with Gasteiger partial charge in [-0.1, -0.05) is 63.4 Å². The second-order valence-corrected chi connectivity index (χ2v) is 14.2. The largest absolute Gasteiger partial charge is 0.496 e. The van der Waals surface area contributed by atoms with Gasteiger partial charge in [0.15, 0.2) is 0 Å². The van der Waals surface area contributed by atoms with Gasteiger partial charge in [0.2, 0.25) is 17.7 Å². The molecule has 0 saturated heterocycles. The minimum atomic E-state index is -0.663. The molecule has 2 N–H and O–H groups in total. The Morgan fingerprint density at radius 3 is 2.57 bits per heavy atom. The molecule has 1 unspecified atom stereocenters. The van der Waals surface area contributed by atoms with Crippen LogP contribution in [0.3, 0.4) is 0 Å². The molecule has 3 aromatic rings. The van der Waals surface area contributed by atoms with Crippen molar-refractivity contribution in [2.24, 2.45) is 11.8 Å². The summed E-state index contributed by atoms with van der Waals surface area (Å²) < 4.78 is 11.4. The van der Waals surface area contributed by atoms with Crippen molar-refractivity contribution in [2.75, 3.05) is 20.3 Å². The number of methoxy groups -OCH3 is 1. The average Bonchev–Trinajstić information content (AvgIpc) is 3.69. The fourth-order valence-corrected chi connectivity index (χ4v) is 8.34. The predicted molar refractivity (Wildman–Crippen MR) is 182 cm³/mol. The van der Waals surface area contributed by atoms with Crippen LogP contribution in [0.5, 0.6) is 11.5 Å². The van der Waals surface area contributed by atoms with E-state index in [9.17, 15) is 14.4 Å². The first-order valence-corrected chi connectivity index (χ1v) is 17.9. The number of nitrogens with zero attached hydrogens (tertiary/aromatic N) is 2. The van der Waals surface area contributed by atoms with E-state index in [4.69, 9.17) is 14.5 Å². The molecule has 1 aliphatic heterocycles. The molecular formula is C37H46N4O5S. The molecule has 0 radical (unpaired) electrons. The maximum absolute atomic E-state index is 14.7. The lowest BCUT2D eigenvalue weighted by Crippen LogP contribution is -2.58. The summed E-state index contributed by atoms with van der Waals surface area (Å²) in [5.41, 5.74) is 2.84. The Kier molecular flexibility index (Phi) is 10.4. The maximum Gasteiger partial charge on any atom is 0.246 e. The molecule has 10 heteroatoms. The van der Waals surface area contributed by atoms with E-state index < -0.39 is 6.04 Å². The Balaban J connectivity index is 1.26. The fourth-order valence-electron chi connectivity index (χ4n) is 7.15. The number of rotatable bonds is 11. The number of amides is 3. The van der Waals surface area contributed by atoms with Gasteiger partial charge in [-0.05, 0) is 43.4 Å². The number of hydrogen-bond acceptors (Lipinski definition) is 7. The number of thiazole rings is 1. The van der Waals surface area contributed by atoms with Gasteiger partial charge in [0.25, 0.3) is 0 Å². The van der Waals surface area contributed by atoms with Gasteiger partial charge >= 0.3 is 0 Å². The lowest BCUT2D eigenvalue weighted by Gasteiger charge is -2.37. The third kappa shape index (κ3) is 7.32. The van der Waals surface area contributed by atoms with Crippen molar-refractivity contribution in [3.8, 4) is 22.1 Å². The minimum Gasteiger partial charge on any atom is -0.496 e. The Bertz CT molecular complexity index is 1560. The number of hydrogen-bond donors (Lipinski definition) is 2. The first-order chi connectivity index (χ1) is 22.9. The topological polar surface area (TPSA) is 110 Å². The molecule has 1 fully saturated rings. The predicted octanol–water partition coefficient (Wildman–Crippen LogP) is 5.87. The monoisotopic (exact) mass is 658 g/mol. The van der Waals surface area contributed by atoms with Crippen LogP contribution in [0.4, 0.5) is 0 Å². The van der Waals surface area contributed by atoms with Gasteiger partial charge < -0.3 is 25.0 Å². The number of benzene rings is 2. The number of carbonyl (C=O) groups excluding carboxylic acids is 3. The third-order valence-electron chi connectivity index (χ3n) is 10.0. The molecule has 3 aliphatic rings. The highest BCUT2D eigenvalue weighted by molar-refractivity contribution is 7.15. The summed E-state index contributed by atoms with van der Waals surface area (Å²) in [6.45, 7) is 4.31. The molecule has 3 amide bonds. The van der Waals surface area contributed by atoms with Crippen LogP contribution < -0.4 is 20.1 Å². The zero-order valence-corrected chi connectivity index (χ0v) is 28.4. The van der Waals surface area contributed by atoms with E-state index in [1.54, 1.807) is 23.3 Å². The molecule has 1 aromatic heterocycles. The van der Waals surface area contributed by atoms with Crippen LogP contribution in [0, 0.1) is 11.8 Å². The van der Waals surface area contributed by atoms with Crippen molar-refractivity contribution in [1.29, 1.82) is 0 Å². The number of carbonyl (C=O) groups is 3. The van der Waals surface area contributed by atoms with Crippen molar-refractivity contribution < 1.29 is 23.9 Å². The first kappa shape index (κ1) is 33.0. The first-order valence-electron chi connectivity index (χ1n) is 17.1. The van der Waals surface area contributed by atoms with Crippen LogP contribution in [-0.4, -0.2) is 60.0 Å². The molecule has 6 rings (SSSR count). The second-order valence-electron chi connectivity index (χ2n) is 13.1. The van der Waals surface area contributed by atoms with E-state index in [1.807, 2.05) is 62.4 Å². The molecule has 2 aliphatic carbocycles. The van der Waals surface area contributed by atoms with Gasteiger partial charge in [0, 0.05) is 41.7 Å². The highest BCUT2D eigenvalue weighted by Gasteiger charge is 2.41. The molecule has 0 spiro atoms. The van der Waals surface area contributed by atoms with Gasteiger partial charge in [-0.2, -0.15) is 0 Å². The third-order valence-corrected chi connectivity index (χ3v) is 11.2. The van der Waals surface area contributed by atoms with Crippen molar-refractivity contribution in [2.45, 2.75) is 89.8 Å². The molecule has 2 aromatic carbocycles. The normalized spacial score (nSPS) is 20.2. The van der Waals surface area contributed by atoms with Crippen molar-refractivity contribution in [1.82, 2.24) is 20.5 Å². The molecule has 9 nitrogen and oxygen atoms in total. The molecule has 47 heavy (non-hydrogen) atoms. The maximum atomic E-state index is 14.7. The van der Waals surface area contributed by atoms with E-state index in [0.717, 1.165) is 70.3 Å². The van der Waals surface area contributed by atoms with E-state index in [1.165, 1.54) is 0 Å². The number of nitrogens with one attached hydrogen (secondary N) is 2. The highest BCUT2D eigenvalue weighted by atomic mass is 32.1. The molecule has 1 saturated carbocycles.